The van der Waals surface area contributed by atoms with E-state index in [0.717, 1.165) is 31.6 Å². The Morgan fingerprint density at radius 2 is 1.90 bits per heavy atom. The van der Waals surface area contributed by atoms with Crippen LogP contribution in [0.4, 0.5) is 0 Å². The van der Waals surface area contributed by atoms with E-state index < -0.39 is 15.7 Å². The molecule has 0 heterocycles. The van der Waals surface area contributed by atoms with Gasteiger partial charge in [-0.1, -0.05) is 27.2 Å². The lowest BCUT2D eigenvalue weighted by atomic mass is 9.75. The van der Waals surface area contributed by atoms with E-state index in [2.05, 4.69) is 11.6 Å². The third-order valence-corrected chi connectivity index (χ3v) is 6.34. The van der Waals surface area contributed by atoms with Gasteiger partial charge in [-0.05, 0) is 37.5 Å². The SMILES string of the molecule is CCC1CCC(CN)(N(C)S(=O)(=O)NCC(C)C)CC1. The van der Waals surface area contributed by atoms with E-state index in [-0.39, 0.29) is 0 Å². The van der Waals surface area contributed by atoms with Crippen molar-refractivity contribution in [1.29, 1.82) is 0 Å². The Morgan fingerprint density at radius 1 is 1.35 bits per heavy atom. The molecule has 0 aromatic heterocycles. The Bertz CT molecular complexity index is 387. The summed E-state index contributed by atoms with van der Waals surface area (Å²) in [5.41, 5.74) is 5.54. The quantitative estimate of drug-likeness (QED) is 0.752. The van der Waals surface area contributed by atoms with Crippen LogP contribution in [0.3, 0.4) is 0 Å². The maximum absolute atomic E-state index is 12.4. The summed E-state index contributed by atoms with van der Waals surface area (Å²) in [5, 5.41) is 0. The monoisotopic (exact) mass is 305 g/mol. The minimum absolute atomic E-state index is 0.294. The lowest BCUT2D eigenvalue weighted by Gasteiger charge is -2.44. The molecule has 5 nitrogen and oxygen atoms in total. The maximum atomic E-state index is 12.4. The van der Waals surface area contributed by atoms with Gasteiger partial charge in [0.25, 0.3) is 10.2 Å². The van der Waals surface area contributed by atoms with Gasteiger partial charge >= 0.3 is 0 Å². The van der Waals surface area contributed by atoms with Crippen LogP contribution in [0.1, 0.15) is 52.9 Å². The van der Waals surface area contributed by atoms with Gasteiger partial charge in [-0.2, -0.15) is 12.7 Å². The standard InChI is InChI=1S/C14H31N3O2S/c1-5-13-6-8-14(11-15,9-7-13)17(4)20(18,19)16-10-12(2)3/h12-13,16H,5-11,15H2,1-4H3. The molecule has 0 radical (unpaired) electrons. The van der Waals surface area contributed by atoms with Crippen molar-refractivity contribution in [2.75, 3.05) is 20.1 Å². The van der Waals surface area contributed by atoms with E-state index in [1.807, 2.05) is 13.8 Å². The third-order valence-electron chi connectivity index (χ3n) is 4.70. The molecule has 0 unspecified atom stereocenters. The summed E-state index contributed by atoms with van der Waals surface area (Å²) in [6.45, 7) is 7.04. The molecule has 0 aromatic rings. The second-order valence-corrected chi connectivity index (χ2v) is 8.28. The van der Waals surface area contributed by atoms with Gasteiger partial charge in [0.15, 0.2) is 0 Å². The first-order valence-corrected chi connectivity index (χ1v) is 9.15. The smallest absolute Gasteiger partial charge is 0.279 e. The molecule has 0 aliphatic heterocycles. The molecule has 0 atom stereocenters. The summed E-state index contributed by atoms with van der Waals surface area (Å²) < 4.78 is 29.0. The fraction of sp³-hybridized carbons (Fsp3) is 1.00. The number of nitrogens with one attached hydrogen (secondary N) is 1. The fourth-order valence-corrected chi connectivity index (χ4v) is 4.40. The summed E-state index contributed by atoms with van der Waals surface area (Å²) in [4.78, 5) is 0. The molecule has 1 aliphatic rings. The van der Waals surface area contributed by atoms with Crippen molar-refractivity contribution >= 4 is 10.2 Å². The zero-order valence-corrected chi connectivity index (χ0v) is 14.2. The zero-order valence-electron chi connectivity index (χ0n) is 13.4. The molecule has 0 spiro atoms. The molecule has 0 aromatic carbocycles. The van der Waals surface area contributed by atoms with Crippen LogP contribution in [0.2, 0.25) is 0 Å². The van der Waals surface area contributed by atoms with Crippen LogP contribution in [0.15, 0.2) is 0 Å². The average molecular weight is 305 g/mol. The molecule has 0 bridgehead atoms. The zero-order chi connectivity index (χ0) is 15.4. The van der Waals surface area contributed by atoms with E-state index in [0.29, 0.717) is 19.0 Å². The highest BCUT2D eigenvalue weighted by Gasteiger charge is 2.42. The molecule has 3 N–H and O–H groups in total. The molecular weight excluding hydrogens is 274 g/mol. The number of likely N-dealkylation sites (N-methyl/N-ethyl adjacent to an activating group) is 1. The number of hydrogen-bond acceptors (Lipinski definition) is 3. The molecule has 1 rings (SSSR count). The number of hydrogen-bond donors (Lipinski definition) is 2. The average Bonchev–Trinajstić information content (AvgIpc) is 2.44. The van der Waals surface area contributed by atoms with Crippen LogP contribution in [-0.4, -0.2) is 38.4 Å². The van der Waals surface area contributed by atoms with Gasteiger partial charge in [-0.25, -0.2) is 4.72 Å². The molecule has 0 saturated heterocycles. The first kappa shape index (κ1) is 17.9. The minimum atomic E-state index is -3.45. The van der Waals surface area contributed by atoms with Crippen molar-refractivity contribution in [2.24, 2.45) is 17.6 Å². The number of nitrogens with two attached hydrogens (primary N) is 1. The number of rotatable bonds is 7. The topological polar surface area (TPSA) is 75.4 Å². The molecule has 120 valence electrons. The van der Waals surface area contributed by atoms with Crippen molar-refractivity contribution < 1.29 is 8.42 Å². The van der Waals surface area contributed by atoms with Crippen LogP contribution in [-0.2, 0) is 10.2 Å². The van der Waals surface area contributed by atoms with Crippen molar-refractivity contribution in [2.45, 2.75) is 58.4 Å². The molecule has 1 fully saturated rings. The van der Waals surface area contributed by atoms with Crippen molar-refractivity contribution in [1.82, 2.24) is 9.03 Å². The van der Waals surface area contributed by atoms with Gasteiger partial charge in [0.05, 0.1) is 0 Å². The first-order valence-electron chi connectivity index (χ1n) is 7.71. The highest BCUT2D eigenvalue weighted by Crippen LogP contribution is 2.37. The Hall–Kier alpha value is -0.170. The molecule has 6 heteroatoms. The highest BCUT2D eigenvalue weighted by atomic mass is 32.2. The third kappa shape index (κ3) is 4.16. The van der Waals surface area contributed by atoms with E-state index >= 15 is 0 Å². The Morgan fingerprint density at radius 3 is 2.30 bits per heavy atom. The predicted molar refractivity (Wildman–Crippen MR) is 83.6 cm³/mol. The predicted octanol–water partition coefficient (Wildman–Crippen LogP) is 1.71. The normalized spacial score (nSPS) is 28.2. The van der Waals surface area contributed by atoms with Gasteiger partial charge in [0.2, 0.25) is 0 Å². The first-order chi connectivity index (χ1) is 9.27. The highest BCUT2D eigenvalue weighted by molar-refractivity contribution is 7.87. The molecule has 20 heavy (non-hydrogen) atoms. The Kier molecular flexibility index (Phi) is 6.44. The van der Waals surface area contributed by atoms with Crippen LogP contribution >= 0.6 is 0 Å². The summed E-state index contributed by atoms with van der Waals surface area (Å²) in [5.74, 6) is 1.01. The Balaban J connectivity index is 2.78. The van der Waals surface area contributed by atoms with E-state index in [1.54, 1.807) is 7.05 Å². The fourth-order valence-electron chi connectivity index (χ4n) is 2.89. The van der Waals surface area contributed by atoms with Crippen LogP contribution in [0.5, 0.6) is 0 Å². The lowest BCUT2D eigenvalue weighted by Crippen LogP contribution is -2.58. The second kappa shape index (κ2) is 7.20. The summed E-state index contributed by atoms with van der Waals surface area (Å²) in [6.07, 6.45) is 5.03. The van der Waals surface area contributed by atoms with Crippen molar-refractivity contribution in [3.63, 3.8) is 0 Å². The summed E-state index contributed by atoms with van der Waals surface area (Å²) in [6, 6.07) is 0. The number of nitrogens with zero attached hydrogens (tertiary/aromatic N) is 1. The van der Waals surface area contributed by atoms with Gasteiger partial charge in [0, 0.05) is 25.7 Å². The molecule has 0 amide bonds. The van der Waals surface area contributed by atoms with Gasteiger partial charge in [-0.15, -0.1) is 0 Å². The van der Waals surface area contributed by atoms with E-state index in [1.165, 1.54) is 10.7 Å². The van der Waals surface area contributed by atoms with Gasteiger partial charge in [-0.3, -0.25) is 0 Å². The molecule has 1 saturated carbocycles. The summed E-state index contributed by atoms with van der Waals surface area (Å²) in [7, 11) is -1.78. The van der Waals surface area contributed by atoms with Crippen LogP contribution in [0.25, 0.3) is 0 Å². The summed E-state index contributed by atoms with van der Waals surface area (Å²) >= 11 is 0. The van der Waals surface area contributed by atoms with Gasteiger partial charge in [0.1, 0.15) is 0 Å². The second-order valence-electron chi connectivity index (χ2n) is 6.49. The van der Waals surface area contributed by atoms with E-state index in [4.69, 9.17) is 5.73 Å². The van der Waals surface area contributed by atoms with Crippen LogP contribution in [0, 0.1) is 11.8 Å². The van der Waals surface area contributed by atoms with Crippen molar-refractivity contribution in [3.8, 4) is 0 Å². The van der Waals surface area contributed by atoms with Gasteiger partial charge < -0.3 is 5.73 Å². The lowest BCUT2D eigenvalue weighted by molar-refractivity contribution is 0.127. The Labute approximate surface area is 124 Å². The maximum Gasteiger partial charge on any atom is 0.279 e. The van der Waals surface area contributed by atoms with E-state index in [9.17, 15) is 8.42 Å². The van der Waals surface area contributed by atoms with Crippen molar-refractivity contribution in [3.05, 3.63) is 0 Å². The molecule has 1 aliphatic carbocycles. The minimum Gasteiger partial charge on any atom is -0.329 e. The molecular formula is C14H31N3O2S. The largest absolute Gasteiger partial charge is 0.329 e. The van der Waals surface area contributed by atoms with Crippen LogP contribution < -0.4 is 10.5 Å².